The van der Waals surface area contributed by atoms with Crippen LogP contribution in [-0.2, 0) is 10.4 Å². The zero-order valence-electron chi connectivity index (χ0n) is 16.9. The van der Waals surface area contributed by atoms with Gasteiger partial charge in [-0.15, -0.1) is 0 Å². The molecule has 0 radical (unpaired) electrons. The molecule has 7 heteroatoms. The van der Waals surface area contributed by atoms with Gasteiger partial charge in [-0.25, -0.2) is 0 Å². The van der Waals surface area contributed by atoms with Crippen molar-refractivity contribution in [3.63, 3.8) is 0 Å². The highest BCUT2D eigenvalue weighted by molar-refractivity contribution is 5.91. The minimum Gasteiger partial charge on any atom is -0.372 e. The lowest BCUT2D eigenvalue weighted by Crippen LogP contribution is -2.44. The fourth-order valence-corrected chi connectivity index (χ4v) is 3.07. The molecule has 158 valence electrons. The summed E-state index contributed by atoms with van der Waals surface area (Å²) in [4.78, 5) is 23.4. The molecule has 0 spiro atoms. The second kappa shape index (κ2) is 9.98. The molecule has 0 heterocycles. The quantitative estimate of drug-likeness (QED) is 0.256. The zero-order chi connectivity index (χ0) is 23.0. The van der Waals surface area contributed by atoms with Crippen LogP contribution in [-0.4, -0.2) is 15.9 Å². The van der Waals surface area contributed by atoms with Gasteiger partial charge in [0.15, 0.2) is 5.60 Å². The second-order valence-electron chi connectivity index (χ2n) is 6.80. The van der Waals surface area contributed by atoms with Gasteiger partial charge in [-0.2, -0.15) is 5.26 Å². The van der Waals surface area contributed by atoms with Crippen LogP contribution in [0.4, 0.5) is 5.69 Å². The van der Waals surface area contributed by atoms with Crippen LogP contribution < -0.4 is 5.32 Å². The van der Waals surface area contributed by atoms with E-state index < -0.39 is 16.4 Å². The number of hydrogen-bond donors (Lipinski definition) is 2. The summed E-state index contributed by atoms with van der Waals surface area (Å²) in [6, 6.07) is 24.7. The van der Waals surface area contributed by atoms with Gasteiger partial charge >= 0.3 is 0 Å². The normalized spacial score (nSPS) is 11.7. The van der Waals surface area contributed by atoms with Crippen molar-refractivity contribution in [2.75, 3.05) is 0 Å². The van der Waals surface area contributed by atoms with Crippen LogP contribution in [0.3, 0.4) is 0 Å². The van der Waals surface area contributed by atoms with Crippen molar-refractivity contribution in [2.45, 2.75) is 5.60 Å². The number of benzene rings is 3. The van der Waals surface area contributed by atoms with Gasteiger partial charge in [0, 0.05) is 12.1 Å². The zero-order valence-corrected chi connectivity index (χ0v) is 16.9. The van der Waals surface area contributed by atoms with E-state index in [1.807, 2.05) is 6.07 Å². The highest BCUT2D eigenvalue weighted by atomic mass is 16.6. The Hall–Kier alpha value is -4.54. The van der Waals surface area contributed by atoms with Crippen LogP contribution in [0.1, 0.15) is 16.7 Å². The van der Waals surface area contributed by atoms with Crippen LogP contribution >= 0.6 is 0 Å². The van der Waals surface area contributed by atoms with E-state index >= 15 is 0 Å². The number of rotatable bonds is 7. The first-order valence-electron chi connectivity index (χ1n) is 9.63. The first-order chi connectivity index (χ1) is 15.4. The van der Waals surface area contributed by atoms with Gasteiger partial charge in [-0.3, -0.25) is 14.9 Å². The average Bonchev–Trinajstić information content (AvgIpc) is 2.84. The topological polar surface area (TPSA) is 116 Å². The summed E-state index contributed by atoms with van der Waals surface area (Å²) in [6.07, 6.45) is 4.55. The maximum atomic E-state index is 13.1. The standard InChI is InChI=1S/C25H19N3O4/c26-18-22(13-7-8-19-14-16-23(17-15-19)28(31)32)27-24(29)25(30,20-9-3-1-4-10-20)21-11-5-2-6-12-21/h1-17,30H,(H,27,29)/b8-7+,22-13+. The molecule has 3 aromatic rings. The molecular formula is C25H19N3O4. The molecule has 7 nitrogen and oxygen atoms in total. The summed E-state index contributed by atoms with van der Waals surface area (Å²) in [5.74, 6) is -0.772. The van der Waals surface area contributed by atoms with Crippen LogP contribution in [0.2, 0.25) is 0 Å². The molecule has 0 aliphatic carbocycles. The molecule has 1 amide bonds. The minimum atomic E-state index is -2.00. The van der Waals surface area contributed by atoms with Gasteiger partial charge < -0.3 is 10.4 Å². The predicted octanol–water partition coefficient (Wildman–Crippen LogP) is 4.07. The van der Waals surface area contributed by atoms with E-state index in [1.165, 1.54) is 24.3 Å². The maximum absolute atomic E-state index is 13.1. The third kappa shape index (κ3) is 4.95. The number of nitrogens with zero attached hydrogens (tertiary/aromatic N) is 2. The Morgan fingerprint density at radius 1 is 0.969 bits per heavy atom. The molecule has 0 saturated heterocycles. The van der Waals surface area contributed by atoms with E-state index in [1.54, 1.807) is 78.9 Å². The van der Waals surface area contributed by atoms with Gasteiger partial charge in [0.2, 0.25) is 0 Å². The Morgan fingerprint density at radius 3 is 1.97 bits per heavy atom. The van der Waals surface area contributed by atoms with E-state index in [4.69, 9.17) is 0 Å². The lowest BCUT2D eigenvalue weighted by atomic mass is 9.85. The van der Waals surface area contributed by atoms with Crippen molar-refractivity contribution in [1.29, 1.82) is 5.26 Å². The first kappa shape index (κ1) is 22.2. The Labute approximate surface area is 184 Å². The van der Waals surface area contributed by atoms with E-state index in [-0.39, 0.29) is 11.4 Å². The molecule has 0 aromatic heterocycles. The lowest BCUT2D eigenvalue weighted by Gasteiger charge is -2.27. The number of aliphatic hydroxyl groups is 1. The number of non-ortho nitro benzene ring substituents is 1. The molecule has 2 N–H and O–H groups in total. The Balaban J connectivity index is 1.84. The molecule has 0 bridgehead atoms. The van der Waals surface area contributed by atoms with Crippen LogP contribution in [0, 0.1) is 21.4 Å². The number of nitro groups is 1. The Bertz CT molecular complexity index is 1160. The molecule has 0 atom stereocenters. The van der Waals surface area contributed by atoms with Crippen molar-refractivity contribution in [3.05, 3.63) is 130 Å². The fraction of sp³-hybridized carbons (Fsp3) is 0.0400. The van der Waals surface area contributed by atoms with E-state index in [9.17, 15) is 25.3 Å². The lowest BCUT2D eigenvalue weighted by molar-refractivity contribution is -0.384. The van der Waals surface area contributed by atoms with Crippen molar-refractivity contribution in [1.82, 2.24) is 5.32 Å². The monoisotopic (exact) mass is 425 g/mol. The Morgan fingerprint density at radius 2 is 1.50 bits per heavy atom. The van der Waals surface area contributed by atoms with Gasteiger partial charge in [0.25, 0.3) is 11.6 Å². The van der Waals surface area contributed by atoms with Crippen molar-refractivity contribution < 1.29 is 14.8 Å². The summed E-state index contributed by atoms with van der Waals surface area (Å²) in [6.45, 7) is 0. The third-order valence-electron chi connectivity index (χ3n) is 4.74. The van der Waals surface area contributed by atoms with E-state index in [2.05, 4.69) is 5.32 Å². The number of carbonyl (C=O) groups is 1. The molecule has 0 aliphatic heterocycles. The van der Waals surface area contributed by atoms with Crippen molar-refractivity contribution in [2.24, 2.45) is 0 Å². The maximum Gasteiger partial charge on any atom is 0.269 e. The molecular weight excluding hydrogens is 406 g/mol. The van der Waals surface area contributed by atoms with Crippen LogP contribution in [0.25, 0.3) is 6.08 Å². The second-order valence-corrected chi connectivity index (χ2v) is 6.80. The Kier molecular flexibility index (Phi) is 6.91. The molecule has 3 rings (SSSR count). The molecule has 3 aromatic carbocycles. The number of hydrogen-bond acceptors (Lipinski definition) is 5. The summed E-state index contributed by atoms with van der Waals surface area (Å²) in [5.41, 5.74) is -0.687. The van der Waals surface area contributed by atoms with Gasteiger partial charge in [0.1, 0.15) is 11.8 Å². The van der Waals surface area contributed by atoms with E-state index in [0.717, 1.165) is 0 Å². The SMILES string of the molecule is N#C/C(=C\C=C\c1ccc([N+](=O)[O-])cc1)NC(=O)C(O)(c1ccccc1)c1ccccc1. The molecule has 0 aliphatic rings. The predicted molar refractivity (Wildman–Crippen MR) is 120 cm³/mol. The average molecular weight is 425 g/mol. The fourth-order valence-electron chi connectivity index (χ4n) is 3.07. The number of amides is 1. The summed E-state index contributed by atoms with van der Waals surface area (Å²) in [7, 11) is 0. The smallest absolute Gasteiger partial charge is 0.269 e. The number of carbonyl (C=O) groups excluding carboxylic acids is 1. The van der Waals surface area contributed by atoms with Crippen LogP contribution in [0.5, 0.6) is 0 Å². The van der Waals surface area contributed by atoms with E-state index in [0.29, 0.717) is 16.7 Å². The molecule has 0 unspecified atom stereocenters. The number of nitro benzene ring substituents is 1. The largest absolute Gasteiger partial charge is 0.372 e. The molecule has 0 saturated carbocycles. The first-order valence-corrected chi connectivity index (χ1v) is 9.63. The minimum absolute atomic E-state index is 0.0243. The molecule has 0 fully saturated rings. The summed E-state index contributed by atoms with van der Waals surface area (Å²) >= 11 is 0. The number of nitriles is 1. The summed E-state index contributed by atoms with van der Waals surface area (Å²) in [5, 5.41) is 34.1. The van der Waals surface area contributed by atoms with Gasteiger partial charge in [-0.1, -0.05) is 72.8 Å². The number of allylic oxidation sites excluding steroid dienone is 3. The van der Waals surface area contributed by atoms with Gasteiger partial charge in [0.05, 0.1) is 4.92 Å². The number of nitrogens with one attached hydrogen (secondary N) is 1. The van der Waals surface area contributed by atoms with Crippen molar-refractivity contribution >= 4 is 17.7 Å². The highest BCUT2D eigenvalue weighted by Gasteiger charge is 2.40. The van der Waals surface area contributed by atoms with Gasteiger partial charge in [-0.05, 0) is 34.9 Å². The van der Waals surface area contributed by atoms with Crippen LogP contribution in [0.15, 0.2) is 103 Å². The third-order valence-corrected chi connectivity index (χ3v) is 4.74. The highest BCUT2D eigenvalue weighted by Crippen LogP contribution is 2.30. The van der Waals surface area contributed by atoms with Crippen molar-refractivity contribution in [3.8, 4) is 6.07 Å². The molecule has 32 heavy (non-hydrogen) atoms. The summed E-state index contributed by atoms with van der Waals surface area (Å²) < 4.78 is 0.